The first-order valence-electron chi connectivity index (χ1n) is 9.61. The molecule has 1 aromatic heterocycles. The van der Waals surface area contributed by atoms with Gasteiger partial charge in [0.15, 0.2) is 5.82 Å². The van der Waals surface area contributed by atoms with Crippen LogP contribution in [0.15, 0.2) is 65.7 Å². The van der Waals surface area contributed by atoms with Crippen LogP contribution in [0.5, 0.6) is 0 Å². The molecule has 7 nitrogen and oxygen atoms in total. The first-order valence-corrected chi connectivity index (χ1v) is 11.0. The van der Waals surface area contributed by atoms with Crippen molar-refractivity contribution in [1.29, 1.82) is 0 Å². The van der Waals surface area contributed by atoms with Crippen molar-refractivity contribution in [2.75, 3.05) is 23.4 Å². The number of fused-ring (bicyclic) bond motifs is 1. The van der Waals surface area contributed by atoms with Crippen molar-refractivity contribution in [2.24, 2.45) is 0 Å². The van der Waals surface area contributed by atoms with Crippen LogP contribution in [-0.2, 0) is 14.8 Å². The summed E-state index contributed by atoms with van der Waals surface area (Å²) in [5, 5.41) is 2.56. The topological polar surface area (TPSA) is 82.6 Å². The van der Waals surface area contributed by atoms with E-state index in [1.165, 1.54) is 18.3 Å². The number of sulfonamides is 1. The predicted octanol–water partition coefficient (Wildman–Crippen LogP) is 3.58. The molecule has 0 aliphatic carbocycles. The second-order valence-corrected chi connectivity index (χ2v) is 9.26. The van der Waals surface area contributed by atoms with Crippen molar-refractivity contribution in [1.82, 2.24) is 9.29 Å². The second-order valence-electron chi connectivity index (χ2n) is 7.36. The third kappa shape index (κ3) is 4.14. The summed E-state index contributed by atoms with van der Waals surface area (Å²) in [6.45, 7) is 3.08. The molecule has 2 heterocycles. The number of hydrogen-bond acceptors (Lipinski definition) is 5. The van der Waals surface area contributed by atoms with Gasteiger partial charge in [-0.25, -0.2) is 17.8 Å². The van der Waals surface area contributed by atoms with E-state index in [9.17, 15) is 17.6 Å². The molecule has 1 aliphatic rings. The third-order valence-electron chi connectivity index (χ3n) is 5.04. The zero-order valence-corrected chi connectivity index (χ0v) is 17.9. The van der Waals surface area contributed by atoms with Crippen LogP contribution in [0.4, 0.5) is 21.6 Å². The Kier molecular flexibility index (Phi) is 5.47. The molecule has 0 unspecified atom stereocenters. The lowest BCUT2D eigenvalue weighted by atomic mass is 10.2. The number of nitrogens with one attached hydrogen (secondary N) is 1. The summed E-state index contributed by atoms with van der Waals surface area (Å²) in [7, 11) is -3.94. The molecule has 1 N–H and O–H groups in total. The number of carbonyl (C=O) groups excluding carboxylic acids is 1. The van der Waals surface area contributed by atoms with Crippen molar-refractivity contribution in [3.8, 4) is 0 Å². The molecule has 0 atom stereocenters. The van der Waals surface area contributed by atoms with E-state index < -0.39 is 28.3 Å². The predicted molar refractivity (Wildman–Crippen MR) is 116 cm³/mol. The minimum atomic E-state index is -3.94. The van der Waals surface area contributed by atoms with E-state index in [0.29, 0.717) is 11.4 Å². The maximum absolute atomic E-state index is 13.8. The number of aryl methyl sites for hydroxylation is 2. The summed E-state index contributed by atoms with van der Waals surface area (Å²) in [4.78, 5) is 18.6. The molecule has 160 valence electrons. The number of pyridine rings is 1. The van der Waals surface area contributed by atoms with Gasteiger partial charge in [-0.2, -0.15) is 4.31 Å². The monoisotopic (exact) mass is 440 g/mol. The Morgan fingerprint density at radius 2 is 1.87 bits per heavy atom. The van der Waals surface area contributed by atoms with E-state index in [1.54, 1.807) is 30.0 Å². The average molecular weight is 441 g/mol. The number of rotatable bonds is 4. The number of halogens is 1. The van der Waals surface area contributed by atoms with Gasteiger partial charge in [0.1, 0.15) is 10.7 Å². The van der Waals surface area contributed by atoms with Gasteiger partial charge in [-0.05, 0) is 55.8 Å². The van der Waals surface area contributed by atoms with Crippen molar-refractivity contribution in [2.45, 2.75) is 18.7 Å². The van der Waals surface area contributed by atoms with Crippen molar-refractivity contribution >= 4 is 33.1 Å². The number of benzene rings is 2. The Bertz CT molecular complexity index is 1250. The molecular formula is C22H21FN4O3S. The van der Waals surface area contributed by atoms with Gasteiger partial charge < -0.3 is 10.2 Å². The van der Waals surface area contributed by atoms with Crippen LogP contribution >= 0.6 is 0 Å². The molecule has 1 amide bonds. The van der Waals surface area contributed by atoms with E-state index in [0.717, 1.165) is 15.6 Å². The molecule has 0 radical (unpaired) electrons. The molecule has 0 spiro atoms. The van der Waals surface area contributed by atoms with Gasteiger partial charge in [-0.15, -0.1) is 0 Å². The maximum atomic E-state index is 13.8. The number of aromatic nitrogens is 1. The summed E-state index contributed by atoms with van der Waals surface area (Å²) in [6.07, 6.45) is 1.53. The summed E-state index contributed by atoms with van der Waals surface area (Å²) in [6, 6.07) is 14.9. The molecule has 0 fully saturated rings. The minimum Gasteiger partial charge on any atom is -0.325 e. The van der Waals surface area contributed by atoms with Gasteiger partial charge in [0.05, 0.1) is 13.2 Å². The molecule has 9 heteroatoms. The Hall–Kier alpha value is -3.30. The highest BCUT2D eigenvalue weighted by Gasteiger charge is 2.37. The number of hydrogen-bond donors (Lipinski definition) is 1. The van der Waals surface area contributed by atoms with Gasteiger partial charge in [0.2, 0.25) is 15.9 Å². The maximum Gasteiger partial charge on any atom is 0.248 e. The fraction of sp³-hybridized carbons (Fsp3) is 0.182. The normalized spacial score (nSPS) is 15.4. The molecule has 0 bridgehead atoms. The van der Waals surface area contributed by atoms with E-state index in [2.05, 4.69) is 10.3 Å². The lowest BCUT2D eigenvalue weighted by Gasteiger charge is -2.36. The molecule has 3 aromatic rings. The van der Waals surface area contributed by atoms with Crippen LogP contribution in [0, 0.1) is 19.7 Å². The van der Waals surface area contributed by atoms with Crippen molar-refractivity contribution in [3.05, 3.63) is 77.7 Å². The Labute approximate surface area is 180 Å². The quantitative estimate of drug-likeness (QED) is 0.671. The fourth-order valence-electron chi connectivity index (χ4n) is 3.32. The Morgan fingerprint density at radius 3 is 2.58 bits per heavy atom. The summed E-state index contributed by atoms with van der Waals surface area (Å²) in [5.41, 5.74) is 2.54. The van der Waals surface area contributed by atoms with Crippen LogP contribution in [0.2, 0.25) is 0 Å². The van der Waals surface area contributed by atoms with Crippen LogP contribution in [0.25, 0.3) is 0 Å². The van der Waals surface area contributed by atoms with E-state index >= 15 is 0 Å². The average Bonchev–Trinajstić information content (AvgIpc) is 2.74. The molecule has 0 saturated heterocycles. The van der Waals surface area contributed by atoms with Gasteiger partial charge in [-0.1, -0.05) is 23.8 Å². The zero-order valence-electron chi connectivity index (χ0n) is 17.0. The molecule has 1 aliphatic heterocycles. The highest BCUT2D eigenvalue weighted by Crippen LogP contribution is 2.36. The largest absolute Gasteiger partial charge is 0.325 e. The van der Waals surface area contributed by atoms with Crippen LogP contribution in [-0.4, -0.2) is 36.8 Å². The fourth-order valence-corrected chi connectivity index (χ4v) is 4.80. The van der Waals surface area contributed by atoms with Crippen LogP contribution in [0.1, 0.15) is 11.1 Å². The van der Waals surface area contributed by atoms with Gasteiger partial charge in [0, 0.05) is 17.6 Å². The van der Waals surface area contributed by atoms with Gasteiger partial charge >= 0.3 is 0 Å². The standard InChI is InChI=1S/C22H21FN4O3S/c1-15-5-9-18(10-6-15)27-14-26(31(29,30)20-4-3-11-24-22(20)27)13-21(28)25-17-8-7-16(2)19(23)12-17/h3-12H,13-14H2,1-2H3,(H,25,28). The molecule has 4 rings (SSSR count). The smallest absolute Gasteiger partial charge is 0.248 e. The van der Waals surface area contributed by atoms with Gasteiger partial charge in [0.25, 0.3) is 0 Å². The lowest BCUT2D eigenvalue weighted by molar-refractivity contribution is -0.116. The highest BCUT2D eigenvalue weighted by atomic mass is 32.2. The first kappa shape index (κ1) is 21.0. The summed E-state index contributed by atoms with van der Waals surface area (Å²) in [5.74, 6) is -0.708. The van der Waals surface area contributed by atoms with E-state index in [-0.39, 0.29) is 17.3 Å². The number of nitrogens with zero attached hydrogens (tertiary/aromatic N) is 3. The number of carbonyl (C=O) groups is 1. The number of anilines is 3. The molecule has 0 saturated carbocycles. The third-order valence-corrected chi connectivity index (χ3v) is 6.84. The minimum absolute atomic E-state index is 0.0241. The van der Waals surface area contributed by atoms with Crippen LogP contribution in [0.3, 0.4) is 0 Å². The Morgan fingerprint density at radius 1 is 1.13 bits per heavy atom. The second kappa shape index (κ2) is 8.09. The van der Waals surface area contributed by atoms with Crippen molar-refractivity contribution < 1.29 is 17.6 Å². The lowest BCUT2D eigenvalue weighted by Crippen LogP contribution is -2.47. The molecule has 2 aromatic carbocycles. The summed E-state index contributed by atoms with van der Waals surface area (Å²) >= 11 is 0. The molecule has 31 heavy (non-hydrogen) atoms. The van der Waals surface area contributed by atoms with Crippen LogP contribution < -0.4 is 10.2 Å². The Balaban J connectivity index is 1.63. The first-order chi connectivity index (χ1) is 14.8. The van der Waals surface area contributed by atoms with E-state index in [4.69, 9.17) is 0 Å². The van der Waals surface area contributed by atoms with Gasteiger partial charge in [-0.3, -0.25) is 4.79 Å². The number of amides is 1. The highest BCUT2D eigenvalue weighted by molar-refractivity contribution is 7.89. The van der Waals surface area contributed by atoms with E-state index in [1.807, 2.05) is 31.2 Å². The zero-order chi connectivity index (χ0) is 22.2. The SMILES string of the molecule is Cc1ccc(N2CN(CC(=O)Nc3ccc(C)c(F)c3)S(=O)(=O)c3cccnc32)cc1. The van der Waals surface area contributed by atoms with Crippen molar-refractivity contribution in [3.63, 3.8) is 0 Å². The molecular weight excluding hydrogens is 419 g/mol. The summed E-state index contributed by atoms with van der Waals surface area (Å²) < 4.78 is 41.1.